The van der Waals surface area contributed by atoms with Crippen molar-refractivity contribution < 1.29 is 13.9 Å². The first-order chi connectivity index (χ1) is 22.1. The van der Waals surface area contributed by atoms with Crippen molar-refractivity contribution in [2.75, 3.05) is 38.5 Å². The Morgan fingerprint density at radius 3 is 2.41 bits per heavy atom. The summed E-state index contributed by atoms with van der Waals surface area (Å²) >= 11 is 0. The van der Waals surface area contributed by atoms with E-state index in [0.29, 0.717) is 28.9 Å². The summed E-state index contributed by atoms with van der Waals surface area (Å²) in [7, 11) is 0. The maximum absolute atomic E-state index is 14.3. The van der Waals surface area contributed by atoms with Crippen LogP contribution in [0.1, 0.15) is 63.4 Å². The molecule has 0 unspecified atom stereocenters. The molecule has 4 heterocycles. The number of rotatable bonds is 8. The number of nitrogen functional groups attached to an aromatic ring is 1. The molecular weight excluding hydrogens is 588 g/mol. The predicted molar refractivity (Wildman–Crippen MR) is 174 cm³/mol. The largest absolute Gasteiger partial charge is 0.390 e. The number of nitrogens with one attached hydrogen (secondary N) is 1. The Hall–Kier alpha value is -4.00. The molecule has 10 nitrogen and oxygen atoms in total. The molecule has 12 heteroatoms. The number of anilines is 1. The van der Waals surface area contributed by atoms with Gasteiger partial charge >= 0.3 is 0 Å². The number of aromatic nitrogens is 6. The number of halogens is 2. The Morgan fingerprint density at radius 1 is 0.978 bits per heavy atom. The Bertz CT molecular complexity index is 1830. The Balaban J connectivity index is 1.08. The van der Waals surface area contributed by atoms with Crippen molar-refractivity contribution in [3.05, 3.63) is 65.7 Å². The summed E-state index contributed by atoms with van der Waals surface area (Å²) in [5.74, 6) is -0.339. The molecule has 0 amide bonds. The third-order valence-electron chi connectivity index (χ3n) is 9.70. The van der Waals surface area contributed by atoms with Crippen molar-refractivity contribution in [1.82, 2.24) is 39.5 Å². The molecule has 2 fully saturated rings. The molecule has 1 saturated carbocycles. The zero-order valence-electron chi connectivity index (χ0n) is 26.4. The van der Waals surface area contributed by atoms with E-state index in [1.807, 2.05) is 36.7 Å². The van der Waals surface area contributed by atoms with Crippen LogP contribution in [0.25, 0.3) is 33.3 Å². The highest BCUT2D eigenvalue weighted by molar-refractivity contribution is 5.99. The number of fused-ring (bicyclic) bond motifs is 2. The second-order valence-electron chi connectivity index (χ2n) is 13.4. The summed E-state index contributed by atoms with van der Waals surface area (Å²) in [4.78, 5) is 21.9. The molecule has 5 aromatic rings. The van der Waals surface area contributed by atoms with Crippen LogP contribution in [0.2, 0.25) is 0 Å². The fourth-order valence-electron chi connectivity index (χ4n) is 7.06. The quantitative estimate of drug-likeness (QED) is 0.217. The summed E-state index contributed by atoms with van der Waals surface area (Å²) in [6.45, 7) is 8.90. The van der Waals surface area contributed by atoms with E-state index in [4.69, 9.17) is 10.8 Å². The number of hydrogen-bond donors (Lipinski definition) is 3. The number of benzene rings is 2. The highest BCUT2D eigenvalue weighted by Crippen LogP contribution is 2.37. The van der Waals surface area contributed by atoms with Gasteiger partial charge in [0.05, 0.1) is 28.1 Å². The number of imidazole rings is 1. The lowest BCUT2D eigenvalue weighted by molar-refractivity contribution is 0.0356. The molecule has 2 aliphatic rings. The van der Waals surface area contributed by atoms with E-state index >= 15 is 0 Å². The highest BCUT2D eigenvalue weighted by Gasteiger charge is 2.31. The average Bonchev–Trinajstić information content (AvgIpc) is 3.64. The predicted octanol–water partition coefficient (Wildman–Crippen LogP) is 5.08. The minimum absolute atomic E-state index is 0.0152. The van der Waals surface area contributed by atoms with Gasteiger partial charge in [0.1, 0.15) is 35.3 Å². The van der Waals surface area contributed by atoms with Crippen LogP contribution in [0, 0.1) is 11.6 Å². The van der Waals surface area contributed by atoms with Crippen molar-refractivity contribution in [1.29, 1.82) is 0 Å². The Labute approximate surface area is 266 Å². The van der Waals surface area contributed by atoms with Gasteiger partial charge in [-0.3, -0.25) is 4.90 Å². The monoisotopic (exact) mass is 629 g/mol. The lowest BCUT2D eigenvalue weighted by Crippen LogP contribution is -2.51. The van der Waals surface area contributed by atoms with Crippen LogP contribution in [-0.4, -0.2) is 89.0 Å². The van der Waals surface area contributed by atoms with Crippen molar-refractivity contribution in [3.63, 3.8) is 0 Å². The maximum Gasteiger partial charge on any atom is 0.164 e. The molecule has 4 N–H and O–H groups in total. The second kappa shape index (κ2) is 12.3. The number of piperazine rings is 1. The highest BCUT2D eigenvalue weighted by atomic mass is 19.1. The second-order valence-corrected chi connectivity index (χ2v) is 13.4. The van der Waals surface area contributed by atoms with E-state index in [0.717, 1.165) is 86.9 Å². The van der Waals surface area contributed by atoms with Gasteiger partial charge in [-0.25, -0.2) is 28.4 Å². The van der Waals surface area contributed by atoms with Crippen LogP contribution in [0.5, 0.6) is 0 Å². The Kier molecular flexibility index (Phi) is 8.20. The zero-order chi connectivity index (χ0) is 32.0. The standard InChI is InChI=1S/C34H41F2N9O/c1-34(2,46)12-13-43-14-16-44(17-15-43)22-7-9-23(10-8-22)45-33-30(32(37)38-20-39-33)31(42-45)21-6-11-27-28(18-21)41-29(40-27)19-24-25(35)4-3-5-26(24)36/h3-6,11,18,20,22-23,46H,7-10,12-17,19H2,1-2H3,(H,40,41)(H2,37,38,39)/t22-,23+. The lowest BCUT2D eigenvalue weighted by atomic mass is 9.90. The van der Waals surface area contributed by atoms with Gasteiger partial charge < -0.3 is 20.7 Å². The number of nitrogens with zero attached hydrogens (tertiary/aromatic N) is 7. The van der Waals surface area contributed by atoms with Crippen molar-refractivity contribution >= 4 is 27.9 Å². The van der Waals surface area contributed by atoms with Crippen LogP contribution >= 0.6 is 0 Å². The van der Waals surface area contributed by atoms with E-state index in [1.165, 1.54) is 24.5 Å². The minimum Gasteiger partial charge on any atom is -0.390 e. The van der Waals surface area contributed by atoms with Gasteiger partial charge in [0.25, 0.3) is 0 Å². The van der Waals surface area contributed by atoms with E-state index < -0.39 is 17.2 Å². The van der Waals surface area contributed by atoms with Gasteiger partial charge in [-0.1, -0.05) is 12.1 Å². The van der Waals surface area contributed by atoms with Gasteiger partial charge in [0, 0.05) is 56.3 Å². The summed E-state index contributed by atoms with van der Waals surface area (Å²) < 4.78 is 30.6. The summed E-state index contributed by atoms with van der Waals surface area (Å²) in [5.41, 5.74) is 9.46. The third kappa shape index (κ3) is 6.21. The number of H-pyrrole nitrogens is 1. The number of nitrogens with two attached hydrogens (primary N) is 1. The Morgan fingerprint density at radius 2 is 1.70 bits per heavy atom. The third-order valence-corrected chi connectivity index (χ3v) is 9.70. The summed E-state index contributed by atoms with van der Waals surface area (Å²) in [5, 5.41) is 15.9. The smallest absolute Gasteiger partial charge is 0.164 e. The van der Waals surface area contributed by atoms with Crippen molar-refractivity contribution in [2.24, 2.45) is 0 Å². The molecule has 46 heavy (non-hydrogen) atoms. The molecule has 0 spiro atoms. The van der Waals surface area contributed by atoms with Crippen LogP contribution in [-0.2, 0) is 6.42 Å². The molecule has 2 aromatic carbocycles. The van der Waals surface area contributed by atoms with Gasteiger partial charge in [-0.15, -0.1) is 0 Å². The van der Waals surface area contributed by atoms with E-state index in [-0.39, 0.29) is 18.0 Å². The van der Waals surface area contributed by atoms with Crippen molar-refractivity contribution in [2.45, 2.75) is 70.1 Å². The van der Waals surface area contributed by atoms with Crippen LogP contribution < -0.4 is 5.73 Å². The molecule has 242 valence electrons. The lowest BCUT2D eigenvalue weighted by Gasteiger charge is -2.42. The molecule has 0 bridgehead atoms. The van der Waals surface area contributed by atoms with Crippen LogP contribution in [0.4, 0.5) is 14.6 Å². The number of aromatic amines is 1. The summed E-state index contributed by atoms with van der Waals surface area (Å²) in [6.07, 6.45) is 6.48. The van der Waals surface area contributed by atoms with Gasteiger partial charge in [-0.05, 0) is 70.2 Å². The molecule has 0 radical (unpaired) electrons. The molecular formula is C34H41F2N9O. The summed E-state index contributed by atoms with van der Waals surface area (Å²) in [6, 6.07) is 10.4. The normalized spacial score (nSPS) is 20.2. The van der Waals surface area contributed by atoms with Crippen LogP contribution in [0.3, 0.4) is 0 Å². The fourth-order valence-corrected chi connectivity index (χ4v) is 7.06. The molecule has 1 saturated heterocycles. The minimum atomic E-state index is -0.622. The number of hydrogen-bond acceptors (Lipinski definition) is 8. The molecule has 0 atom stereocenters. The molecule has 7 rings (SSSR count). The first kappa shape index (κ1) is 30.6. The topological polar surface area (TPSA) is 125 Å². The number of aliphatic hydroxyl groups is 1. The SMILES string of the molecule is CC(C)(O)CCN1CCN([C@H]2CC[C@@H](n3nc(-c4ccc5[nH]c(Cc6c(F)cccc6F)nc5c4)c4c(N)ncnc43)CC2)CC1. The van der Waals surface area contributed by atoms with E-state index in [2.05, 4.69) is 29.7 Å². The average molecular weight is 630 g/mol. The zero-order valence-corrected chi connectivity index (χ0v) is 26.4. The first-order valence-electron chi connectivity index (χ1n) is 16.2. The van der Waals surface area contributed by atoms with Gasteiger partial charge in [0.2, 0.25) is 0 Å². The van der Waals surface area contributed by atoms with E-state index in [9.17, 15) is 13.9 Å². The van der Waals surface area contributed by atoms with Crippen LogP contribution in [0.15, 0.2) is 42.7 Å². The molecule has 1 aliphatic heterocycles. The fraction of sp³-hybridized carbons (Fsp3) is 0.471. The van der Waals surface area contributed by atoms with Gasteiger partial charge in [-0.2, -0.15) is 5.10 Å². The first-order valence-corrected chi connectivity index (χ1v) is 16.2. The maximum atomic E-state index is 14.3. The van der Waals surface area contributed by atoms with Crippen molar-refractivity contribution in [3.8, 4) is 11.3 Å². The molecule has 3 aromatic heterocycles. The van der Waals surface area contributed by atoms with E-state index in [1.54, 1.807) is 0 Å². The molecule has 1 aliphatic carbocycles. The van der Waals surface area contributed by atoms with Gasteiger partial charge in [0.15, 0.2) is 5.65 Å².